The number of aromatic nitrogens is 1. The number of aryl methyl sites for hydroxylation is 2. The maximum Gasteiger partial charge on any atom is 0.301 e. The van der Waals surface area contributed by atoms with E-state index in [1.165, 1.54) is 12.1 Å². The molecule has 5 heteroatoms. The van der Waals surface area contributed by atoms with Gasteiger partial charge in [0.15, 0.2) is 0 Å². The number of nitrogens with one attached hydrogen (secondary N) is 1. The van der Waals surface area contributed by atoms with E-state index in [1.54, 1.807) is 19.2 Å². The molecular weight excluding hydrogens is 247 g/mol. The molecule has 1 aromatic heterocycles. The highest BCUT2D eigenvalue weighted by Crippen LogP contribution is 2.34. The van der Waals surface area contributed by atoms with Crippen LogP contribution in [0, 0.1) is 12.7 Å². The number of rotatable bonds is 2. The monoisotopic (exact) mass is 260 g/mol. The second-order valence-corrected chi connectivity index (χ2v) is 4.70. The topological polar surface area (TPSA) is 55.1 Å². The molecule has 2 aromatic rings. The maximum absolute atomic E-state index is 13.1. The number of hydrogen-bond donors (Lipinski definition) is 1. The first-order valence-corrected chi connectivity index (χ1v) is 6.15. The van der Waals surface area contributed by atoms with Crippen molar-refractivity contribution in [3.63, 3.8) is 0 Å². The number of amides is 1. The molecular formula is C14H13FN2O2. The van der Waals surface area contributed by atoms with Crippen LogP contribution < -0.4 is 5.32 Å². The zero-order chi connectivity index (χ0) is 13.4. The van der Waals surface area contributed by atoms with Crippen molar-refractivity contribution in [3.8, 4) is 0 Å². The van der Waals surface area contributed by atoms with E-state index in [0.717, 1.165) is 17.5 Å². The molecule has 0 aliphatic heterocycles. The second-order valence-electron chi connectivity index (χ2n) is 4.70. The van der Waals surface area contributed by atoms with Crippen molar-refractivity contribution in [2.75, 3.05) is 5.32 Å². The fourth-order valence-electron chi connectivity index (χ4n) is 2.46. The van der Waals surface area contributed by atoms with Crippen molar-refractivity contribution in [1.82, 2.24) is 4.98 Å². The Hall–Kier alpha value is -2.17. The lowest BCUT2D eigenvalue weighted by molar-refractivity contribution is -0.117. The van der Waals surface area contributed by atoms with Crippen LogP contribution in [0.4, 0.5) is 10.4 Å². The highest BCUT2D eigenvalue weighted by atomic mass is 19.1. The lowest BCUT2D eigenvalue weighted by atomic mass is 10.0. The second kappa shape index (κ2) is 4.50. The van der Waals surface area contributed by atoms with Crippen LogP contribution in [-0.2, 0) is 11.2 Å². The van der Waals surface area contributed by atoms with E-state index in [4.69, 9.17) is 4.42 Å². The third-order valence-corrected chi connectivity index (χ3v) is 3.35. The van der Waals surface area contributed by atoms with E-state index >= 15 is 0 Å². The molecule has 0 saturated heterocycles. The van der Waals surface area contributed by atoms with Crippen molar-refractivity contribution >= 4 is 11.9 Å². The van der Waals surface area contributed by atoms with Gasteiger partial charge in [-0.2, -0.15) is 0 Å². The zero-order valence-electron chi connectivity index (χ0n) is 10.4. The average molecular weight is 260 g/mol. The molecule has 3 rings (SSSR count). The minimum atomic E-state index is -0.261. The molecule has 0 saturated carbocycles. The third-order valence-electron chi connectivity index (χ3n) is 3.35. The van der Waals surface area contributed by atoms with E-state index in [1.807, 2.05) is 0 Å². The van der Waals surface area contributed by atoms with Crippen LogP contribution >= 0.6 is 0 Å². The van der Waals surface area contributed by atoms with Crippen LogP contribution in [-0.4, -0.2) is 10.9 Å². The molecule has 0 spiro atoms. The van der Waals surface area contributed by atoms with Crippen molar-refractivity contribution in [1.29, 1.82) is 0 Å². The van der Waals surface area contributed by atoms with Crippen LogP contribution in [0.25, 0.3) is 0 Å². The SMILES string of the molecule is Cc1cnc(NC(=O)C2CCc3cc(F)ccc32)o1. The van der Waals surface area contributed by atoms with Crippen LogP contribution in [0.1, 0.15) is 29.2 Å². The number of nitrogens with zero attached hydrogens (tertiary/aromatic N) is 1. The average Bonchev–Trinajstić information content (AvgIpc) is 2.95. The minimum Gasteiger partial charge on any atom is -0.429 e. The Morgan fingerprint density at radius 2 is 2.37 bits per heavy atom. The van der Waals surface area contributed by atoms with Crippen molar-refractivity contribution in [2.45, 2.75) is 25.7 Å². The van der Waals surface area contributed by atoms with Crippen molar-refractivity contribution < 1.29 is 13.6 Å². The van der Waals surface area contributed by atoms with Gasteiger partial charge in [-0.15, -0.1) is 0 Å². The van der Waals surface area contributed by atoms with E-state index in [0.29, 0.717) is 12.2 Å². The van der Waals surface area contributed by atoms with E-state index in [2.05, 4.69) is 10.3 Å². The Morgan fingerprint density at radius 1 is 1.53 bits per heavy atom. The first-order valence-electron chi connectivity index (χ1n) is 6.15. The number of fused-ring (bicyclic) bond motifs is 1. The molecule has 1 atom stereocenters. The maximum atomic E-state index is 13.1. The van der Waals surface area contributed by atoms with Gasteiger partial charge in [-0.3, -0.25) is 10.1 Å². The summed E-state index contributed by atoms with van der Waals surface area (Å²) in [6.07, 6.45) is 2.95. The van der Waals surface area contributed by atoms with Crippen LogP contribution in [0.5, 0.6) is 0 Å². The standard InChI is InChI=1S/C14H13FN2O2/c1-8-7-16-14(19-8)17-13(18)12-4-2-9-6-10(15)3-5-11(9)12/h3,5-7,12H,2,4H2,1H3,(H,16,17,18). The molecule has 1 unspecified atom stereocenters. The zero-order valence-corrected chi connectivity index (χ0v) is 10.4. The van der Waals surface area contributed by atoms with Crippen LogP contribution in [0.2, 0.25) is 0 Å². The van der Waals surface area contributed by atoms with Gasteiger partial charge < -0.3 is 4.42 Å². The predicted molar refractivity (Wildman–Crippen MR) is 67.3 cm³/mol. The first-order chi connectivity index (χ1) is 9.13. The van der Waals surface area contributed by atoms with Crippen LogP contribution in [0.15, 0.2) is 28.8 Å². The smallest absolute Gasteiger partial charge is 0.301 e. The molecule has 1 aliphatic rings. The fraction of sp³-hybridized carbons (Fsp3) is 0.286. The molecule has 1 N–H and O–H groups in total. The summed E-state index contributed by atoms with van der Waals surface area (Å²) in [5.74, 6) is -0.0395. The number of carbonyl (C=O) groups is 1. The molecule has 19 heavy (non-hydrogen) atoms. The summed E-state index contributed by atoms with van der Waals surface area (Å²) in [5, 5.41) is 2.65. The Kier molecular flexibility index (Phi) is 2.81. The molecule has 1 aromatic carbocycles. The van der Waals surface area contributed by atoms with Gasteiger partial charge in [-0.25, -0.2) is 9.37 Å². The predicted octanol–water partition coefficient (Wildman–Crippen LogP) is 2.79. The molecule has 0 fully saturated rings. The summed E-state index contributed by atoms with van der Waals surface area (Å²) in [4.78, 5) is 16.1. The molecule has 4 nitrogen and oxygen atoms in total. The summed E-state index contributed by atoms with van der Waals surface area (Å²) in [7, 11) is 0. The largest absolute Gasteiger partial charge is 0.429 e. The lowest BCUT2D eigenvalue weighted by Gasteiger charge is -2.10. The number of oxazole rings is 1. The van der Waals surface area contributed by atoms with Gasteiger partial charge in [-0.1, -0.05) is 6.07 Å². The van der Waals surface area contributed by atoms with Gasteiger partial charge in [0.25, 0.3) is 0 Å². The third kappa shape index (κ3) is 2.23. The summed E-state index contributed by atoms with van der Waals surface area (Å²) >= 11 is 0. The number of anilines is 1. The minimum absolute atomic E-state index is 0.160. The first kappa shape index (κ1) is 11.9. The summed E-state index contributed by atoms with van der Waals surface area (Å²) in [6, 6.07) is 4.78. The normalized spacial score (nSPS) is 17.3. The van der Waals surface area contributed by atoms with Gasteiger partial charge >= 0.3 is 6.01 Å². The van der Waals surface area contributed by atoms with Gasteiger partial charge in [0.2, 0.25) is 5.91 Å². The summed E-state index contributed by atoms with van der Waals surface area (Å²) in [6.45, 7) is 1.76. The molecule has 98 valence electrons. The Morgan fingerprint density at radius 3 is 3.11 bits per heavy atom. The van der Waals surface area contributed by atoms with E-state index in [9.17, 15) is 9.18 Å². The Bertz CT molecular complexity index is 636. The highest BCUT2D eigenvalue weighted by molar-refractivity contribution is 5.95. The van der Waals surface area contributed by atoms with Crippen molar-refractivity contribution in [2.24, 2.45) is 0 Å². The number of halogens is 1. The van der Waals surface area contributed by atoms with E-state index < -0.39 is 0 Å². The van der Waals surface area contributed by atoms with Gasteiger partial charge in [0.05, 0.1) is 12.1 Å². The lowest BCUT2D eigenvalue weighted by Crippen LogP contribution is -2.19. The Labute approximate surface area is 109 Å². The molecule has 1 amide bonds. The molecule has 0 bridgehead atoms. The molecule has 1 aliphatic carbocycles. The molecule has 0 radical (unpaired) electrons. The highest BCUT2D eigenvalue weighted by Gasteiger charge is 2.29. The van der Waals surface area contributed by atoms with E-state index in [-0.39, 0.29) is 23.7 Å². The van der Waals surface area contributed by atoms with Crippen LogP contribution in [0.3, 0.4) is 0 Å². The summed E-state index contributed by atoms with van der Waals surface area (Å²) in [5.41, 5.74) is 1.80. The quantitative estimate of drug-likeness (QED) is 0.903. The summed E-state index contributed by atoms with van der Waals surface area (Å²) < 4.78 is 18.3. The van der Waals surface area contributed by atoms with Gasteiger partial charge in [0, 0.05) is 0 Å². The van der Waals surface area contributed by atoms with Crippen molar-refractivity contribution in [3.05, 3.63) is 47.1 Å². The Balaban J connectivity index is 1.79. The van der Waals surface area contributed by atoms with Gasteiger partial charge in [0.1, 0.15) is 11.6 Å². The molecule has 1 heterocycles. The number of carbonyl (C=O) groups excluding carboxylic acids is 1. The fourth-order valence-corrected chi connectivity index (χ4v) is 2.46. The van der Waals surface area contributed by atoms with Gasteiger partial charge in [-0.05, 0) is 43.0 Å². The number of benzene rings is 1. The number of hydrogen-bond acceptors (Lipinski definition) is 3.